The van der Waals surface area contributed by atoms with Gasteiger partial charge in [-0.3, -0.25) is 0 Å². The third-order valence-corrected chi connectivity index (χ3v) is 11.9. The monoisotopic (exact) mass is 625 g/mol. The number of benzene rings is 6. The van der Waals surface area contributed by atoms with Crippen molar-refractivity contribution in [3.05, 3.63) is 168 Å². The van der Waals surface area contributed by atoms with Crippen LogP contribution < -0.4 is 0 Å². The van der Waals surface area contributed by atoms with Gasteiger partial charge in [-0.2, -0.15) is 0 Å². The standard InChI is InChI=1S/C48H35N/c1-2-9-30-24-33(17-16-29(30)8-1)35-21-20-34-25-32(18-19-36(34)26-35)31-10-7-11-37(27-31)48-42-23-22-40-44-28-43(44)38-12-3-4-13-39(38)46(40)47(42)41-14-5-6-15-45(41)49-48/h1-4,6-13,15-27,38-39,43-44H,5,14,28H2. The molecule has 0 aliphatic heterocycles. The quantitative estimate of drug-likeness (QED) is 0.190. The van der Waals surface area contributed by atoms with E-state index in [1.807, 2.05) is 0 Å². The van der Waals surface area contributed by atoms with Crippen molar-refractivity contribution in [3.8, 4) is 33.5 Å². The Kier molecular flexibility index (Phi) is 5.87. The number of allylic oxidation sites excluding steroid dienone is 5. The van der Waals surface area contributed by atoms with Gasteiger partial charge < -0.3 is 0 Å². The van der Waals surface area contributed by atoms with Crippen LogP contribution in [0.5, 0.6) is 0 Å². The first-order valence-electron chi connectivity index (χ1n) is 17.9. The Labute approximate surface area is 287 Å². The molecule has 7 aromatic rings. The second-order valence-corrected chi connectivity index (χ2v) is 14.6. The van der Waals surface area contributed by atoms with Crippen molar-refractivity contribution >= 4 is 38.4 Å². The third kappa shape index (κ3) is 4.28. The first-order chi connectivity index (χ1) is 24.3. The van der Waals surface area contributed by atoms with Gasteiger partial charge in [0.15, 0.2) is 0 Å². The van der Waals surface area contributed by atoms with Gasteiger partial charge in [-0.05, 0) is 133 Å². The molecule has 0 saturated heterocycles. The normalized spacial score (nSPS) is 21.4. The molecule has 4 aliphatic carbocycles. The summed E-state index contributed by atoms with van der Waals surface area (Å²) < 4.78 is 0. The van der Waals surface area contributed by atoms with Crippen molar-refractivity contribution in [3.63, 3.8) is 0 Å². The van der Waals surface area contributed by atoms with E-state index in [0.29, 0.717) is 17.8 Å². The first kappa shape index (κ1) is 27.4. The molecule has 1 saturated carbocycles. The van der Waals surface area contributed by atoms with Crippen LogP contribution in [0, 0.1) is 11.8 Å². The lowest BCUT2D eigenvalue weighted by molar-refractivity contribution is 0.478. The number of hydrogen-bond donors (Lipinski definition) is 0. The summed E-state index contributed by atoms with van der Waals surface area (Å²) in [7, 11) is 0. The zero-order valence-corrected chi connectivity index (χ0v) is 27.3. The molecule has 4 aliphatic rings. The van der Waals surface area contributed by atoms with Gasteiger partial charge in [0.25, 0.3) is 0 Å². The highest BCUT2D eigenvalue weighted by Gasteiger charge is 2.51. The summed E-state index contributed by atoms with van der Waals surface area (Å²) in [4.78, 5) is 5.42. The molecular formula is C48H35N. The highest BCUT2D eigenvalue weighted by Crippen LogP contribution is 2.63. The minimum absolute atomic E-state index is 0.461. The zero-order valence-electron chi connectivity index (χ0n) is 27.3. The lowest BCUT2D eigenvalue weighted by Crippen LogP contribution is -2.21. The minimum Gasteiger partial charge on any atom is -0.247 e. The predicted molar refractivity (Wildman–Crippen MR) is 206 cm³/mol. The number of hydrogen-bond acceptors (Lipinski definition) is 1. The maximum absolute atomic E-state index is 5.42. The molecule has 0 amide bonds. The van der Waals surface area contributed by atoms with Crippen LogP contribution in [0.4, 0.5) is 0 Å². The molecule has 11 rings (SSSR count). The van der Waals surface area contributed by atoms with Crippen molar-refractivity contribution < 1.29 is 0 Å². The average molecular weight is 626 g/mol. The number of rotatable bonds is 3. The molecule has 1 aromatic heterocycles. The fourth-order valence-electron chi connectivity index (χ4n) is 9.39. The topological polar surface area (TPSA) is 12.9 Å². The van der Waals surface area contributed by atoms with Crippen molar-refractivity contribution in [2.75, 3.05) is 0 Å². The third-order valence-electron chi connectivity index (χ3n) is 11.9. The first-order valence-corrected chi connectivity index (χ1v) is 17.9. The molecule has 4 unspecified atom stereocenters. The van der Waals surface area contributed by atoms with Crippen LogP contribution in [0.15, 0.2) is 146 Å². The van der Waals surface area contributed by atoms with E-state index < -0.39 is 0 Å². The predicted octanol–water partition coefficient (Wildman–Crippen LogP) is 12.4. The Balaban J connectivity index is 1.02. The van der Waals surface area contributed by atoms with E-state index in [2.05, 4.69) is 152 Å². The number of pyridine rings is 1. The van der Waals surface area contributed by atoms with Crippen LogP contribution in [-0.4, -0.2) is 4.98 Å². The van der Waals surface area contributed by atoms with Crippen molar-refractivity contribution in [2.45, 2.75) is 31.1 Å². The SMILES string of the molecule is C1=CC2c3c(ccc4c(-c5cccc(-c6ccc7cc(-c8ccc9ccccc9c8)ccc7c6)c5)nc5c(c34)CCC=C5)C3CC3C2C=C1. The minimum atomic E-state index is 0.461. The largest absolute Gasteiger partial charge is 0.247 e. The second-order valence-electron chi connectivity index (χ2n) is 14.6. The summed E-state index contributed by atoms with van der Waals surface area (Å²) in [6.07, 6.45) is 17.6. The number of aromatic nitrogens is 1. The highest BCUT2D eigenvalue weighted by atomic mass is 14.7. The van der Waals surface area contributed by atoms with E-state index in [1.54, 1.807) is 11.1 Å². The molecule has 1 heterocycles. The molecule has 1 fully saturated rings. The maximum Gasteiger partial charge on any atom is 0.0788 e. The molecule has 0 spiro atoms. The van der Waals surface area contributed by atoms with Gasteiger partial charge in [0.1, 0.15) is 0 Å². The van der Waals surface area contributed by atoms with Gasteiger partial charge in [0, 0.05) is 16.9 Å². The summed E-state index contributed by atoms with van der Waals surface area (Å²) >= 11 is 0. The Morgan fingerprint density at radius 2 is 1.29 bits per heavy atom. The molecule has 0 bridgehead atoms. The van der Waals surface area contributed by atoms with E-state index >= 15 is 0 Å². The Morgan fingerprint density at radius 1 is 0.592 bits per heavy atom. The van der Waals surface area contributed by atoms with Crippen LogP contribution in [0.2, 0.25) is 0 Å². The van der Waals surface area contributed by atoms with Crippen LogP contribution in [0.1, 0.15) is 47.1 Å². The number of nitrogens with zero attached hydrogens (tertiary/aromatic N) is 1. The van der Waals surface area contributed by atoms with Crippen molar-refractivity contribution in [1.29, 1.82) is 0 Å². The van der Waals surface area contributed by atoms with Crippen molar-refractivity contribution in [2.24, 2.45) is 11.8 Å². The van der Waals surface area contributed by atoms with Gasteiger partial charge in [-0.1, -0.05) is 121 Å². The van der Waals surface area contributed by atoms with Crippen LogP contribution in [-0.2, 0) is 6.42 Å². The average Bonchev–Trinajstić information content (AvgIpc) is 3.99. The summed E-state index contributed by atoms with van der Waals surface area (Å²) in [5, 5.41) is 7.86. The summed E-state index contributed by atoms with van der Waals surface area (Å²) in [6.45, 7) is 0. The molecule has 1 heteroatoms. The molecule has 0 radical (unpaired) electrons. The van der Waals surface area contributed by atoms with E-state index in [0.717, 1.165) is 30.1 Å². The van der Waals surface area contributed by atoms with E-state index in [4.69, 9.17) is 4.98 Å². The van der Waals surface area contributed by atoms with Crippen LogP contribution >= 0.6 is 0 Å². The van der Waals surface area contributed by atoms with Gasteiger partial charge in [0.05, 0.1) is 11.4 Å². The van der Waals surface area contributed by atoms with Gasteiger partial charge >= 0.3 is 0 Å². The van der Waals surface area contributed by atoms with Gasteiger partial charge in [-0.15, -0.1) is 0 Å². The lowest BCUT2D eigenvalue weighted by Gasteiger charge is -2.33. The second kappa shape index (κ2) is 10.5. The fraction of sp³-hybridized carbons (Fsp3) is 0.146. The van der Waals surface area contributed by atoms with Gasteiger partial charge in [-0.25, -0.2) is 4.98 Å². The molecule has 6 aromatic carbocycles. The Hall–Kier alpha value is -5.53. The van der Waals surface area contributed by atoms with Crippen LogP contribution in [0.25, 0.3) is 71.9 Å². The zero-order chi connectivity index (χ0) is 32.1. The molecule has 4 atom stereocenters. The molecule has 1 nitrogen and oxygen atoms in total. The number of aryl methyl sites for hydroxylation is 1. The maximum atomic E-state index is 5.42. The summed E-state index contributed by atoms with van der Waals surface area (Å²) in [5.74, 6) is 2.60. The van der Waals surface area contributed by atoms with Crippen LogP contribution in [0.3, 0.4) is 0 Å². The summed E-state index contributed by atoms with van der Waals surface area (Å²) in [5.41, 5.74) is 13.0. The number of fused-ring (bicyclic) bond motifs is 12. The van der Waals surface area contributed by atoms with Crippen molar-refractivity contribution in [1.82, 2.24) is 4.98 Å². The van der Waals surface area contributed by atoms with E-state index in [-0.39, 0.29) is 0 Å². The van der Waals surface area contributed by atoms with Gasteiger partial charge in [0.2, 0.25) is 0 Å². The Bertz CT molecular complexity index is 2620. The van der Waals surface area contributed by atoms with E-state index in [1.165, 1.54) is 72.1 Å². The Morgan fingerprint density at radius 3 is 2.10 bits per heavy atom. The lowest BCUT2D eigenvalue weighted by atomic mass is 9.70. The highest BCUT2D eigenvalue weighted by molar-refractivity contribution is 6.02. The smallest absolute Gasteiger partial charge is 0.0788 e. The molecule has 49 heavy (non-hydrogen) atoms. The summed E-state index contributed by atoms with van der Waals surface area (Å²) in [6, 6.07) is 43.0. The fourth-order valence-corrected chi connectivity index (χ4v) is 9.39. The molecular weight excluding hydrogens is 591 g/mol. The molecule has 0 N–H and O–H groups in total. The molecule has 232 valence electrons. The van der Waals surface area contributed by atoms with E-state index in [9.17, 15) is 0 Å².